The number of fused-ring (bicyclic) bond motifs is 1. The summed E-state index contributed by atoms with van der Waals surface area (Å²) < 4.78 is 6.67. The van der Waals surface area contributed by atoms with Gasteiger partial charge in [-0.2, -0.15) is 4.98 Å². The van der Waals surface area contributed by atoms with E-state index in [1.54, 1.807) is 0 Å². The minimum Gasteiger partial charge on any atom is -0.392 e. The van der Waals surface area contributed by atoms with E-state index in [0.29, 0.717) is 0 Å². The summed E-state index contributed by atoms with van der Waals surface area (Å²) in [5.74, 6) is 2.00. The maximum absolute atomic E-state index is 11.7. The Hall–Kier alpha value is -2.45. The number of nitrogens with one attached hydrogen (secondary N) is 1. The van der Waals surface area contributed by atoms with Crippen molar-refractivity contribution in [3.8, 4) is 12.3 Å². The quantitative estimate of drug-likeness (QED) is 0.375. The summed E-state index contributed by atoms with van der Waals surface area (Å²) in [6.45, 7) is -0.693. The number of aliphatic hydroxyl groups is 3. The van der Waals surface area contributed by atoms with Gasteiger partial charge < -0.3 is 25.8 Å². The summed E-state index contributed by atoms with van der Waals surface area (Å²) in [4.78, 5) is 21.8. The predicted octanol–water partition coefficient (Wildman–Crippen LogP) is -2.68. The Morgan fingerprint density at radius 1 is 1.59 bits per heavy atom. The summed E-state index contributed by atoms with van der Waals surface area (Å²) >= 11 is 0. The highest BCUT2D eigenvalue weighted by molar-refractivity contribution is 5.70. The smallest absolute Gasteiger partial charge is 0.280 e. The molecule has 1 fully saturated rings. The van der Waals surface area contributed by atoms with Gasteiger partial charge in [0.15, 0.2) is 23.0 Å². The van der Waals surface area contributed by atoms with Crippen molar-refractivity contribution in [2.45, 2.75) is 24.0 Å². The fourth-order valence-electron chi connectivity index (χ4n) is 2.43. The second kappa shape index (κ2) is 4.79. The zero-order valence-corrected chi connectivity index (χ0v) is 11.2. The van der Waals surface area contributed by atoms with Gasteiger partial charge in [0.05, 0.1) is 12.9 Å². The summed E-state index contributed by atoms with van der Waals surface area (Å²) in [6, 6.07) is 0. The molecule has 10 heteroatoms. The van der Waals surface area contributed by atoms with Crippen molar-refractivity contribution in [3.63, 3.8) is 0 Å². The van der Waals surface area contributed by atoms with E-state index in [2.05, 4.69) is 20.9 Å². The van der Waals surface area contributed by atoms with E-state index in [1.807, 2.05) is 0 Å². The second-order valence-electron chi connectivity index (χ2n) is 4.91. The monoisotopic (exact) mass is 307 g/mol. The van der Waals surface area contributed by atoms with Gasteiger partial charge in [0.25, 0.3) is 5.56 Å². The zero-order valence-electron chi connectivity index (χ0n) is 11.2. The molecule has 4 atom stereocenters. The van der Waals surface area contributed by atoms with Crippen molar-refractivity contribution < 1.29 is 20.1 Å². The molecular weight excluding hydrogens is 294 g/mol. The fraction of sp³-hybridized carbons (Fsp3) is 0.417. The van der Waals surface area contributed by atoms with Crippen LogP contribution in [-0.2, 0) is 4.74 Å². The van der Waals surface area contributed by atoms with E-state index in [4.69, 9.17) is 16.9 Å². The molecule has 1 aliphatic rings. The lowest BCUT2D eigenvalue weighted by atomic mass is 9.97. The molecular formula is C12H13N5O5. The largest absolute Gasteiger partial charge is 0.392 e. The number of nitrogens with two attached hydrogens (primary N) is 1. The molecule has 3 heterocycles. The van der Waals surface area contributed by atoms with E-state index < -0.39 is 36.2 Å². The number of imidazole rings is 1. The maximum Gasteiger partial charge on any atom is 0.280 e. The Balaban J connectivity index is 2.13. The number of anilines is 1. The van der Waals surface area contributed by atoms with Gasteiger partial charge in [0, 0.05) is 0 Å². The molecule has 0 radical (unpaired) electrons. The van der Waals surface area contributed by atoms with Gasteiger partial charge in [-0.3, -0.25) is 14.3 Å². The molecule has 116 valence electrons. The molecule has 0 saturated carbocycles. The molecule has 1 saturated heterocycles. The average molecular weight is 307 g/mol. The summed E-state index contributed by atoms with van der Waals surface area (Å²) in [5, 5.41) is 29.6. The van der Waals surface area contributed by atoms with Crippen molar-refractivity contribution in [2.24, 2.45) is 0 Å². The number of rotatable bonds is 2. The van der Waals surface area contributed by atoms with E-state index in [1.165, 1.54) is 10.9 Å². The highest BCUT2D eigenvalue weighted by atomic mass is 16.6. The van der Waals surface area contributed by atoms with Gasteiger partial charge in [-0.25, -0.2) is 4.98 Å². The van der Waals surface area contributed by atoms with Crippen LogP contribution in [0.5, 0.6) is 0 Å². The SMILES string of the molecule is C#C[C@]1(CO)O[C@@H](n2cnc3c(=O)[nH]c(N)nc32)[C@@H](O)C1O. The van der Waals surface area contributed by atoms with Gasteiger partial charge in [0.1, 0.15) is 12.2 Å². The van der Waals surface area contributed by atoms with E-state index in [0.717, 1.165) is 0 Å². The average Bonchev–Trinajstić information content (AvgIpc) is 3.01. The van der Waals surface area contributed by atoms with Crippen LogP contribution in [0.25, 0.3) is 11.2 Å². The van der Waals surface area contributed by atoms with Crippen LogP contribution < -0.4 is 11.3 Å². The van der Waals surface area contributed by atoms with Crippen LogP contribution in [0.4, 0.5) is 5.95 Å². The van der Waals surface area contributed by atoms with Gasteiger partial charge in [-0.1, -0.05) is 5.92 Å². The first kappa shape index (κ1) is 14.5. The van der Waals surface area contributed by atoms with Crippen LogP contribution in [-0.4, -0.2) is 59.3 Å². The molecule has 0 spiro atoms. The lowest BCUT2D eigenvalue weighted by Crippen LogP contribution is -2.44. The topological polar surface area (TPSA) is 160 Å². The third-order valence-corrected chi connectivity index (χ3v) is 3.63. The normalized spacial score (nSPS) is 31.5. The standard InChI is InChI=1S/C12H13N5O5/c1-2-12(3-18)7(20)6(19)10(22-12)17-4-14-5-8(17)15-11(13)16-9(5)21/h1,4,6-7,10,18-20H,3H2,(H3,13,15,16,21)/t6-,7?,10+,12+/m0/s1. The molecule has 10 nitrogen and oxygen atoms in total. The Morgan fingerprint density at radius 2 is 2.32 bits per heavy atom. The first-order valence-electron chi connectivity index (χ1n) is 6.28. The van der Waals surface area contributed by atoms with Gasteiger partial charge in [-0.05, 0) is 0 Å². The number of H-pyrrole nitrogens is 1. The molecule has 2 aromatic heterocycles. The van der Waals surface area contributed by atoms with Crippen molar-refractivity contribution >= 4 is 17.1 Å². The second-order valence-corrected chi connectivity index (χ2v) is 4.91. The zero-order chi connectivity index (χ0) is 16.1. The van der Waals surface area contributed by atoms with Crippen LogP contribution in [0, 0.1) is 12.3 Å². The fourth-order valence-corrected chi connectivity index (χ4v) is 2.43. The number of aliphatic hydroxyl groups excluding tert-OH is 3. The molecule has 6 N–H and O–H groups in total. The molecule has 22 heavy (non-hydrogen) atoms. The summed E-state index contributed by atoms with van der Waals surface area (Å²) in [5.41, 5.74) is 3.22. The molecule has 2 aromatic rings. The molecule has 0 amide bonds. The van der Waals surface area contributed by atoms with Crippen LogP contribution in [0.3, 0.4) is 0 Å². The molecule has 0 aliphatic carbocycles. The van der Waals surface area contributed by atoms with Gasteiger partial charge >= 0.3 is 0 Å². The van der Waals surface area contributed by atoms with Crippen molar-refractivity contribution in [1.29, 1.82) is 0 Å². The number of terminal acetylenes is 1. The highest BCUT2D eigenvalue weighted by Crippen LogP contribution is 2.37. The highest BCUT2D eigenvalue weighted by Gasteiger charge is 2.54. The lowest BCUT2D eigenvalue weighted by Gasteiger charge is -2.23. The number of nitrogens with zero attached hydrogens (tertiary/aromatic N) is 3. The van der Waals surface area contributed by atoms with E-state index in [-0.39, 0.29) is 17.1 Å². The third-order valence-electron chi connectivity index (χ3n) is 3.63. The lowest BCUT2D eigenvalue weighted by molar-refractivity contribution is -0.0910. The molecule has 3 rings (SSSR count). The van der Waals surface area contributed by atoms with Crippen LogP contribution in [0.1, 0.15) is 6.23 Å². The minimum atomic E-state index is -1.76. The minimum absolute atomic E-state index is 0.0123. The van der Waals surface area contributed by atoms with Crippen molar-refractivity contribution in [1.82, 2.24) is 19.5 Å². The molecule has 1 aliphatic heterocycles. The first-order chi connectivity index (χ1) is 10.4. The third kappa shape index (κ3) is 1.81. The Labute approximate surface area is 123 Å². The summed E-state index contributed by atoms with van der Waals surface area (Å²) in [7, 11) is 0. The number of aromatic nitrogens is 4. The summed E-state index contributed by atoms with van der Waals surface area (Å²) in [6.07, 6.45) is 2.33. The molecule has 0 aromatic carbocycles. The van der Waals surface area contributed by atoms with E-state index in [9.17, 15) is 20.1 Å². The van der Waals surface area contributed by atoms with Crippen molar-refractivity contribution in [2.75, 3.05) is 12.3 Å². The van der Waals surface area contributed by atoms with Crippen molar-refractivity contribution in [3.05, 3.63) is 16.7 Å². The Kier molecular flexibility index (Phi) is 3.15. The number of aromatic amines is 1. The number of nitrogen functional groups attached to an aromatic ring is 1. The van der Waals surface area contributed by atoms with E-state index >= 15 is 0 Å². The predicted molar refractivity (Wildman–Crippen MR) is 73.3 cm³/mol. The first-order valence-corrected chi connectivity index (χ1v) is 6.28. The molecule has 1 unspecified atom stereocenters. The van der Waals surface area contributed by atoms with Gasteiger partial charge in [-0.15, -0.1) is 6.42 Å². The number of hydrogen-bond donors (Lipinski definition) is 5. The van der Waals surface area contributed by atoms with Crippen LogP contribution in [0.15, 0.2) is 11.1 Å². The van der Waals surface area contributed by atoms with Gasteiger partial charge in [0.2, 0.25) is 5.95 Å². The maximum atomic E-state index is 11.7. The molecule has 0 bridgehead atoms. The number of hydrogen-bond acceptors (Lipinski definition) is 8. The number of ether oxygens (including phenoxy) is 1. The Bertz CT molecular complexity index is 823. The van der Waals surface area contributed by atoms with Crippen LogP contribution >= 0.6 is 0 Å². The Morgan fingerprint density at radius 3 is 2.91 bits per heavy atom. The van der Waals surface area contributed by atoms with Crippen LogP contribution in [0.2, 0.25) is 0 Å².